The number of rotatable bonds is 7. The third-order valence-electron chi connectivity index (χ3n) is 6.12. The molecular weight excluding hydrogens is 562 g/mol. The molecule has 2 aliphatic heterocycles. The van der Waals surface area contributed by atoms with Gasteiger partial charge in [0.2, 0.25) is 5.91 Å². The highest BCUT2D eigenvalue weighted by Gasteiger charge is 2.42. The zero-order valence-corrected chi connectivity index (χ0v) is 23.1. The fourth-order valence-electron chi connectivity index (χ4n) is 4.18. The number of carbonyl (C=O) groups excluding carboxylic acids is 3. The van der Waals surface area contributed by atoms with E-state index >= 15 is 4.39 Å². The van der Waals surface area contributed by atoms with Crippen molar-refractivity contribution in [2.24, 2.45) is 0 Å². The summed E-state index contributed by atoms with van der Waals surface area (Å²) in [4.78, 5) is 41.9. The van der Waals surface area contributed by atoms with Crippen molar-refractivity contribution in [1.29, 1.82) is 0 Å². The second kappa shape index (κ2) is 11.6. The molecule has 2 saturated heterocycles. The number of hydrogen-bond donors (Lipinski definition) is 2. The van der Waals surface area contributed by atoms with Crippen molar-refractivity contribution in [3.05, 3.63) is 52.3 Å². The first-order valence-corrected chi connectivity index (χ1v) is 13.6. The summed E-state index contributed by atoms with van der Waals surface area (Å²) in [6, 6.07) is 9.70. The van der Waals surface area contributed by atoms with Gasteiger partial charge >= 0.3 is 6.09 Å². The van der Waals surface area contributed by atoms with Crippen molar-refractivity contribution < 1.29 is 23.5 Å². The molecule has 2 aromatic rings. The molecule has 1 atom stereocenters. The van der Waals surface area contributed by atoms with Crippen LogP contribution in [0.3, 0.4) is 0 Å². The molecule has 2 aliphatic rings. The number of ether oxygens (including phenoxy) is 1. The van der Waals surface area contributed by atoms with E-state index in [4.69, 9.17) is 27.9 Å². The summed E-state index contributed by atoms with van der Waals surface area (Å²) in [6.07, 6.45) is -0.618. The quantitative estimate of drug-likeness (QED) is 0.354. The molecule has 3 amide bonds. The number of anilines is 2. The van der Waals surface area contributed by atoms with Crippen LogP contribution in [0, 0.1) is 5.82 Å². The van der Waals surface area contributed by atoms with Crippen LogP contribution < -0.4 is 15.1 Å². The van der Waals surface area contributed by atoms with Gasteiger partial charge in [0.15, 0.2) is 0 Å². The Balaban J connectivity index is 1.33. The highest BCUT2D eigenvalue weighted by atomic mass is 35.5. The average Bonchev–Trinajstić information content (AvgIpc) is 3.17. The molecule has 0 radical (unpaired) electrons. The van der Waals surface area contributed by atoms with Gasteiger partial charge in [-0.1, -0.05) is 35.8 Å². The Labute approximate surface area is 233 Å². The number of nitrogens with zero attached hydrogens (tertiary/aromatic N) is 3. The van der Waals surface area contributed by atoms with Gasteiger partial charge in [0.05, 0.1) is 35.2 Å². The van der Waals surface area contributed by atoms with Crippen molar-refractivity contribution in [2.75, 3.05) is 54.8 Å². The number of thiol groups is 1. The van der Waals surface area contributed by atoms with Gasteiger partial charge in [-0.3, -0.25) is 14.5 Å². The normalized spacial score (nSPS) is 19.7. The second-order valence-corrected chi connectivity index (χ2v) is 11.2. The summed E-state index contributed by atoms with van der Waals surface area (Å²) in [5.74, 6) is -0.277. The fraction of sp³-hybridized carbons (Fsp3) is 0.375. The summed E-state index contributed by atoms with van der Waals surface area (Å²) < 4.78 is 20.5. The van der Waals surface area contributed by atoms with Crippen molar-refractivity contribution in [3.8, 4) is 0 Å². The largest absolute Gasteiger partial charge is 0.439 e. The summed E-state index contributed by atoms with van der Waals surface area (Å²) >= 11 is 17.2. The Morgan fingerprint density at radius 2 is 1.89 bits per heavy atom. The smallest absolute Gasteiger partial charge is 0.415 e. The number of thioether (sulfide) groups is 1. The molecule has 8 nitrogen and oxygen atoms in total. The Bertz CT molecular complexity index is 1220. The van der Waals surface area contributed by atoms with Gasteiger partial charge in [-0.25, -0.2) is 9.18 Å². The molecule has 1 N–H and O–H groups in total. The van der Waals surface area contributed by atoms with Gasteiger partial charge in [0.1, 0.15) is 11.4 Å². The van der Waals surface area contributed by atoms with Crippen molar-refractivity contribution >= 4 is 76.2 Å². The highest BCUT2D eigenvalue weighted by molar-refractivity contribution is 8.00. The number of halogens is 3. The van der Waals surface area contributed by atoms with Crippen LogP contribution in [0.4, 0.5) is 25.4 Å². The third-order valence-corrected chi connectivity index (χ3v) is 8.00. The second-order valence-electron chi connectivity index (χ2n) is 8.93. The van der Waals surface area contributed by atoms with Crippen LogP contribution in [0.25, 0.3) is 0 Å². The molecule has 4 rings (SSSR count). The van der Waals surface area contributed by atoms with Gasteiger partial charge in [-0.2, -0.15) is 0 Å². The number of piperazine rings is 1. The molecule has 2 fully saturated rings. The maximum absolute atomic E-state index is 15.1. The summed E-state index contributed by atoms with van der Waals surface area (Å²) in [5, 5.41) is 3.08. The van der Waals surface area contributed by atoms with Gasteiger partial charge < -0.3 is 19.9 Å². The summed E-state index contributed by atoms with van der Waals surface area (Å²) in [5.41, 5.74) is -0.199. The van der Waals surface area contributed by atoms with Crippen LogP contribution in [0.5, 0.6) is 0 Å². The van der Waals surface area contributed by atoms with E-state index in [9.17, 15) is 14.4 Å². The number of carbonyl (C=O) groups is 3. The first-order valence-electron chi connectivity index (χ1n) is 11.4. The van der Waals surface area contributed by atoms with Crippen molar-refractivity contribution in [1.82, 2.24) is 10.2 Å². The number of benzene rings is 2. The molecule has 2 heterocycles. The van der Waals surface area contributed by atoms with Crippen LogP contribution in [-0.4, -0.2) is 72.8 Å². The molecule has 2 aromatic carbocycles. The zero-order valence-electron chi connectivity index (χ0n) is 19.9. The van der Waals surface area contributed by atoms with Crippen molar-refractivity contribution in [2.45, 2.75) is 17.4 Å². The maximum atomic E-state index is 15.1. The molecule has 0 spiro atoms. The van der Waals surface area contributed by atoms with E-state index in [0.717, 1.165) is 4.90 Å². The highest BCUT2D eigenvalue weighted by Crippen LogP contribution is 2.32. The minimum Gasteiger partial charge on any atom is -0.439 e. The molecule has 0 bridgehead atoms. The molecule has 0 unspecified atom stereocenters. The van der Waals surface area contributed by atoms with Crippen LogP contribution in [0.2, 0.25) is 10.0 Å². The Morgan fingerprint density at radius 1 is 1.16 bits per heavy atom. The predicted molar refractivity (Wildman–Crippen MR) is 147 cm³/mol. The van der Waals surface area contributed by atoms with E-state index in [2.05, 4.69) is 17.9 Å². The predicted octanol–water partition coefficient (Wildman–Crippen LogP) is 4.93. The lowest BCUT2D eigenvalue weighted by atomic mass is 10.1. The average molecular weight is 588 g/mol. The standard InChI is InChI=1S/C24H25Cl2FN4O4S2/c1-24(13-28-22(33)36)14-31(23(34)35-24)16-3-5-19(18(27)11-16)29-6-8-30(9-7-29)21(32)12-37-20-10-15(25)2-4-17(20)26/h2-5,10-11H,6-9,12-14H2,1H3,(H2,28,33,36)/t24-/m0/s1. The minimum atomic E-state index is -0.954. The monoisotopic (exact) mass is 586 g/mol. The lowest BCUT2D eigenvalue weighted by molar-refractivity contribution is -0.128. The molecule has 198 valence electrons. The first-order chi connectivity index (χ1) is 17.5. The maximum Gasteiger partial charge on any atom is 0.415 e. The summed E-state index contributed by atoms with van der Waals surface area (Å²) in [6.45, 7) is 3.77. The van der Waals surface area contributed by atoms with E-state index < -0.39 is 22.8 Å². The number of amides is 3. The molecule has 0 aromatic heterocycles. The topological polar surface area (TPSA) is 82.2 Å². The van der Waals surface area contributed by atoms with E-state index in [1.807, 2.05) is 4.90 Å². The molecular formula is C24H25Cl2FN4O4S2. The van der Waals surface area contributed by atoms with E-state index in [0.29, 0.717) is 47.6 Å². The van der Waals surface area contributed by atoms with Crippen molar-refractivity contribution in [3.63, 3.8) is 0 Å². The van der Waals surface area contributed by atoms with Crippen LogP contribution in [0.15, 0.2) is 41.3 Å². The zero-order chi connectivity index (χ0) is 26.7. The van der Waals surface area contributed by atoms with Crippen LogP contribution in [0.1, 0.15) is 6.92 Å². The number of hydrogen-bond acceptors (Lipinski definition) is 6. The molecule has 0 aliphatic carbocycles. The Morgan fingerprint density at radius 3 is 2.57 bits per heavy atom. The SMILES string of the molecule is C[C@]1(CNC(=O)S)CN(c2ccc(N3CCN(C(=O)CSc4cc(Cl)ccc4Cl)CC3)c(F)c2)C(=O)O1. The van der Waals surface area contributed by atoms with E-state index in [-0.39, 0.29) is 24.7 Å². The lowest BCUT2D eigenvalue weighted by Gasteiger charge is -2.36. The van der Waals surface area contributed by atoms with Gasteiger partial charge in [0, 0.05) is 36.1 Å². The molecule has 37 heavy (non-hydrogen) atoms. The molecule has 0 saturated carbocycles. The Hall–Kier alpha value is -2.34. The Kier molecular flexibility index (Phi) is 8.67. The van der Waals surface area contributed by atoms with Crippen LogP contribution in [-0.2, 0) is 9.53 Å². The van der Waals surface area contributed by atoms with Gasteiger partial charge in [-0.15, -0.1) is 11.8 Å². The lowest BCUT2D eigenvalue weighted by Crippen LogP contribution is -2.49. The van der Waals surface area contributed by atoms with Gasteiger partial charge in [0.25, 0.3) is 5.24 Å². The number of nitrogens with one attached hydrogen (secondary N) is 1. The van der Waals surface area contributed by atoms with Crippen LogP contribution >= 0.6 is 47.6 Å². The third kappa shape index (κ3) is 6.76. The van der Waals surface area contributed by atoms with Gasteiger partial charge in [-0.05, 0) is 43.3 Å². The van der Waals surface area contributed by atoms with E-state index in [1.54, 1.807) is 42.2 Å². The first kappa shape index (κ1) is 27.7. The minimum absolute atomic E-state index is 0.0267. The fourth-order valence-corrected chi connectivity index (χ4v) is 5.66. The molecule has 13 heteroatoms. The van der Waals surface area contributed by atoms with E-state index in [1.165, 1.54) is 22.7 Å². The summed E-state index contributed by atoms with van der Waals surface area (Å²) in [7, 11) is 0. The number of cyclic esters (lactones) is 1.